The molecule has 0 radical (unpaired) electrons. The van der Waals surface area contributed by atoms with Gasteiger partial charge in [0.25, 0.3) is 0 Å². The number of amides is 1. The van der Waals surface area contributed by atoms with Gasteiger partial charge in [0.05, 0.1) is 3.57 Å². The summed E-state index contributed by atoms with van der Waals surface area (Å²) in [6, 6.07) is 0. The monoisotopic (exact) mass is 304 g/mol. The minimum Gasteiger partial charge on any atom is -0.383 e. The van der Waals surface area contributed by atoms with Gasteiger partial charge in [-0.05, 0) is 35.4 Å². The number of nitrogens with zero attached hydrogens (tertiary/aromatic N) is 2. The van der Waals surface area contributed by atoms with Crippen molar-refractivity contribution in [2.24, 2.45) is 5.92 Å². The molecule has 1 aliphatic rings. The van der Waals surface area contributed by atoms with Crippen molar-refractivity contribution >= 4 is 40.1 Å². The summed E-state index contributed by atoms with van der Waals surface area (Å²) in [6.45, 7) is 0. The van der Waals surface area contributed by atoms with Crippen molar-refractivity contribution in [1.29, 1.82) is 0 Å². The van der Waals surface area contributed by atoms with E-state index < -0.39 is 0 Å². The number of aromatic nitrogens is 2. The van der Waals surface area contributed by atoms with E-state index in [1.165, 1.54) is 6.33 Å². The molecule has 14 heavy (non-hydrogen) atoms. The lowest BCUT2D eigenvalue weighted by Gasteiger charge is -2.05. The van der Waals surface area contributed by atoms with Crippen LogP contribution in [0.2, 0.25) is 0 Å². The highest BCUT2D eigenvalue weighted by molar-refractivity contribution is 14.1. The molecule has 1 aliphatic carbocycles. The number of anilines is 2. The van der Waals surface area contributed by atoms with E-state index in [2.05, 4.69) is 15.3 Å². The zero-order chi connectivity index (χ0) is 10.1. The minimum atomic E-state index is 0.0287. The Hall–Kier alpha value is -0.920. The van der Waals surface area contributed by atoms with Crippen LogP contribution in [0, 0.1) is 9.49 Å². The van der Waals surface area contributed by atoms with Crippen LogP contribution < -0.4 is 11.1 Å². The van der Waals surface area contributed by atoms with Gasteiger partial charge in [-0.15, -0.1) is 0 Å². The molecule has 1 amide bonds. The largest absolute Gasteiger partial charge is 0.383 e. The fraction of sp³-hybridized carbons (Fsp3) is 0.375. The standard InChI is InChI=1S/C8H9IN4O/c9-5-6(10)11-3-12-7(5)13-8(14)4-1-2-4/h3-4H,1-2H2,(H3,10,11,12,13,14). The second-order valence-electron chi connectivity index (χ2n) is 3.19. The van der Waals surface area contributed by atoms with Gasteiger partial charge in [0, 0.05) is 5.92 Å². The van der Waals surface area contributed by atoms with Crippen molar-refractivity contribution in [3.63, 3.8) is 0 Å². The third-order valence-corrected chi connectivity index (χ3v) is 3.07. The number of halogens is 1. The number of hydrogen-bond acceptors (Lipinski definition) is 4. The van der Waals surface area contributed by atoms with Crippen LogP contribution in [-0.2, 0) is 4.79 Å². The molecule has 0 unspecified atom stereocenters. The zero-order valence-corrected chi connectivity index (χ0v) is 9.48. The molecule has 2 rings (SSSR count). The van der Waals surface area contributed by atoms with Crippen LogP contribution in [0.15, 0.2) is 6.33 Å². The molecule has 0 atom stereocenters. The Kier molecular flexibility index (Phi) is 2.53. The lowest BCUT2D eigenvalue weighted by molar-refractivity contribution is -0.117. The predicted octanol–water partition coefficient (Wildman–Crippen LogP) is 1.01. The minimum absolute atomic E-state index is 0.0287. The van der Waals surface area contributed by atoms with Gasteiger partial charge in [-0.3, -0.25) is 4.79 Å². The summed E-state index contributed by atoms with van der Waals surface area (Å²) >= 11 is 2.02. The van der Waals surface area contributed by atoms with Crippen LogP contribution in [0.4, 0.5) is 11.6 Å². The summed E-state index contributed by atoms with van der Waals surface area (Å²) in [5.41, 5.74) is 5.58. The van der Waals surface area contributed by atoms with E-state index in [-0.39, 0.29) is 11.8 Å². The second kappa shape index (κ2) is 3.68. The van der Waals surface area contributed by atoms with E-state index >= 15 is 0 Å². The molecule has 3 N–H and O–H groups in total. The Bertz CT molecular complexity index is 378. The molecule has 0 saturated heterocycles. The number of carbonyl (C=O) groups excluding carboxylic acids is 1. The Morgan fingerprint density at radius 3 is 2.93 bits per heavy atom. The maximum atomic E-state index is 11.4. The first-order chi connectivity index (χ1) is 6.68. The Morgan fingerprint density at radius 1 is 1.57 bits per heavy atom. The molecule has 1 aromatic heterocycles. The van der Waals surface area contributed by atoms with E-state index in [1.807, 2.05) is 22.6 Å². The quantitative estimate of drug-likeness (QED) is 0.799. The van der Waals surface area contributed by atoms with Crippen LogP contribution in [0.5, 0.6) is 0 Å². The number of nitrogen functional groups attached to an aromatic ring is 1. The van der Waals surface area contributed by atoms with Gasteiger partial charge in [0.15, 0.2) is 5.82 Å². The first-order valence-electron chi connectivity index (χ1n) is 4.25. The molecule has 6 heteroatoms. The summed E-state index contributed by atoms with van der Waals surface area (Å²) in [5.74, 6) is 1.10. The van der Waals surface area contributed by atoms with Gasteiger partial charge in [0.1, 0.15) is 12.1 Å². The van der Waals surface area contributed by atoms with E-state index in [0.29, 0.717) is 15.2 Å². The molecule has 1 aromatic rings. The highest BCUT2D eigenvalue weighted by Crippen LogP contribution is 2.30. The summed E-state index contributed by atoms with van der Waals surface area (Å²) in [5, 5.41) is 2.74. The van der Waals surface area contributed by atoms with Crippen LogP contribution in [-0.4, -0.2) is 15.9 Å². The Balaban J connectivity index is 2.15. The van der Waals surface area contributed by atoms with Crippen molar-refractivity contribution in [2.45, 2.75) is 12.8 Å². The Labute approximate surface area is 94.6 Å². The molecule has 0 spiro atoms. The molecule has 5 nitrogen and oxygen atoms in total. The third-order valence-electron chi connectivity index (χ3n) is 2.01. The first-order valence-corrected chi connectivity index (χ1v) is 5.33. The van der Waals surface area contributed by atoms with Crippen molar-refractivity contribution in [1.82, 2.24) is 9.97 Å². The zero-order valence-electron chi connectivity index (χ0n) is 7.33. The average molecular weight is 304 g/mol. The molecule has 0 aromatic carbocycles. The second-order valence-corrected chi connectivity index (χ2v) is 4.26. The third kappa shape index (κ3) is 1.94. The fourth-order valence-electron chi connectivity index (χ4n) is 1.03. The maximum Gasteiger partial charge on any atom is 0.228 e. The van der Waals surface area contributed by atoms with Crippen LogP contribution in [0.1, 0.15) is 12.8 Å². The number of nitrogens with one attached hydrogen (secondary N) is 1. The van der Waals surface area contributed by atoms with Crippen LogP contribution >= 0.6 is 22.6 Å². The van der Waals surface area contributed by atoms with E-state index in [1.54, 1.807) is 0 Å². The molecule has 0 bridgehead atoms. The van der Waals surface area contributed by atoms with Crippen LogP contribution in [0.25, 0.3) is 0 Å². The van der Waals surface area contributed by atoms with Crippen molar-refractivity contribution in [3.8, 4) is 0 Å². The van der Waals surface area contributed by atoms with Gasteiger partial charge in [-0.1, -0.05) is 0 Å². The molecule has 74 valence electrons. The lowest BCUT2D eigenvalue weighted by atomic mass is 10.4. The highest BCUT2D eigenvalue weighted by atomic mass is 127. The average Bonchev–Trinajstić information content (AvgIpc) is 2.95. The van der Waals surface area contributed by atoms with Crippen molar-refractivity contribution < 1.29 is 4.79 Å². The SMILES string of the molecule is Nc1ncnc(NC(=O)C2CC2)c1I. The van der Waals surface area contributed by atoms with Gasteiger partial charge in [0.2, 0.25) is 5.91 Å². The summed E-state index contributed by atoms with van der Waals surface area (Å²) < 4.78 is 0.694. The summed E-state index contributed by atoms with van der Waals surface area (Å²) in [4.78, 5) is 19.2. The number of hydrogen-bond donors (Lipinski definition) is 2. The van der Waals surface area contributed by atoms with E-state index in [9.17, 15) is 4.79 Å². The van der Waals surface area contributed by atoms with Gasteiger partial charge >= 0.3 is 0 Å². The molecule has 1 fully saturated rings. The van der Waals surface area contributed by atoms with E-state index in [0.717, 1.165) is 12.8 Å². The normalized spacial score (nSPS) is 15.2. The van der Waals surface area contributed by atoms with Gasteiger partial charge in [-0.25, -0.2) is 9.97 Å². The number of carbonyl (C=O) groups is 1. The Morgan fingerprint density at radius 2 is 2.29 bits per heavy atom. The van der Waals surface area contributed by atoms with Crippen molar-refractivity contribution in [3.05, 3.63) is 9.90 Å². The molecule has 1 saturated carbocycles. The molecular weight excluding hydrogens is 295 g/mol. The highest BCUT2D eigenvalue weighted by Gasteiger charge is 2.30. The lowest BCUT2D eigenvalue weighted by Crippen LogP contribution is -2.16. The van der Waals surface area contributed by atoms with E-state index in [4.69, 9.17) is 5.73 Å². The maximum absolute atomic E-state index is 11.4. The number of nitrogens with two attached hydrogens (primary N) is 1. The topological polar surface area (TPSA) is 80.9 Å². The fourth-order valence-corrected chi connectivity index (χ4v) is 1.45. The van der Waals surface area contributed by atoms with Gasteiger partial charge < -0.3 is 11.1 Å². The van der Waals surface area contributed by atoms with Crippen molar-refractivity contribution in [2.75, 3.05) is 11.1 Å². The molecule has 0 aliphatic heterocycles. The first kappa shape index (κ1) is 9.63. The molecule has 1 heterocycles. The predicted molar refractivity (Wildman–Crippen MR) is 60.5 cm³/mol. The molecular formula is C8H9IN4O. The van der Waals surface area contributed by atoms with Gasteiger partial charge in [-0.2, -0.15) is 0 Å². The smallest absolute Gasteiger partial charge is 0.228 e. The number of rotatable bonds is 2. The summed E-state index contributed by atoms with van der Waals surface area (Å²) in [7, 11) is 0. The summed E-state index contributed by atoms with van der Waals surface area (Å²) in [6.07, 6.45) is 3.30. The van der Waals surface area contributed by atoms with Crippen LogP contribution in [0.3, 0.4) is 0 Å².